The lowest BCUT2D eigenvalue weighted by molar-refractivity contribution is -0.0569. The number of likely N-dealkylation sites (tertiary alicyclic amines) is 1. The molecule has 0 spiro atoms. The second-order valence-electron chi connectivity index (χ2n) is 9.57. The van der Waals surface area contributed by atoms with Crippen LogP contribution in [-0.4, -0.2) is 68.8 Å². The van der Waals surface area contributed by atoms with Gasteiger partial charge in [-0.1, -0.05) is 12.5 Å². The molecule has 3 heterocycles. The average molecular weight is 456 g/mol. The number of hydrogen-bond donors (Lipinski definition) is 2. The van der Waals surface area contributed by atoms with Gasteiger partial charge in [0.05, 0.1) is 0 Å². The van der Waals surface area contributed by atoms with Gasteiger partial charge in [0.15, 0.2) is 12.2 Å². The Hall–Kier alpha value is -1.81. The van der Waals surface area contributed by atoms with Gasteiger partial charge in [0.1, 0.15) is 0 Å². The fourth-order valence-corrected chi connectivity index (χ4v) is 6.21. The Morgan fingerprint density at radius 3 is 2.47 bits per heavy atom. The predicted molar refractivity (Wildman–Crippen MR) is 127 cm³/mol. The van der Waals surface area contributed by atoms with E-state index in [-0.39, 0.29) is 0 Å². The molecule has 6 rings (SSSR count). The molecule has 0 atom stereocenters. The van der Waals surface area contributed by atoms with Gasteiger partial charge in [-0.15, -0.1) is 5.10 Å². The highest BCUT2D eigenvalue weighted by atomic mass is 32.2. The maximum Gasteiger partial charge on any atom is 0.350 e. The number of aromatic nitrogens is 3. The minimum atomic E-state index is 0.363. The zero-order valence-corrected chi connectivity index (χ0v) is 19.7. The van der Waals surface area contributed by atoms with Crippen molar-refractivity contribution >= 4 is 23.9 Å². The summed E-state index contributed by atoms with van der Waals surface area (Å²) in [6, 6.07) is 3.50. The smallest absolute Gasteiger partial charge is 0.350 e. The molecule has 0 amide bonds. The van der Waals surface area contributed by atoms with Crippen LogP contribution in [0, 0.1) is 0 Å². The van der Waals surface area contributed by atoms with E-state index in [1.54, 1.807) is 0 Å². The number of hydrogen-bond acceptors (Lipinski definition) is 8. The molecule has 0 saturated carbocycles. The van der Waals surface area contributed by atoms with E-state index in [1.165, 1.54) is 98.2 Å². The minimum absolute atomic E-state index is 0.363. The maximum atomic E-state index is 5.80. The molecule has 9 heteroatoms. The molecule has 0 radical (unpaired) electrons. The molecule has 2 saturated heterocycles. The van der Waals surface area contributed by atoms with Gasteiger partial charge >= 0.3 is 6.01 Å². The average Bonchev–Trinajstić information content (AvgIpc) is 3.52. The van der Waals surface area contributed by atoms with E-state index >= 15 is 0 Å². The standard InChI is InChI=1S/C23H33N7OS/c1-28(30-14-18(15-30)29-11-3-2-4-12-29)32-31-23-25-22(26-27-23)24-21-19-9-5-7-16(19)13-17-8-6-10-20(17)21/h13,18H,2-12,14-15H2,1H3,(H2,24,25,26,27). The Balaban J connectivity index is 1.04. The topological polar surface area (TPSA) is 72.5 Å². The molecule has 4 aliphatic rings. The van der Waals surface area contributed by atoms with E-state index in [0.717, 1.165) is 25.9 Å². The second-order valence-corrected chi connectivity index (χ2v) is 10.4. The first-order valence-electron chi connectivity index (χ1n) is 12.2. The zero-order valence-electron chi connectivity index (χ0n) is 18.9. The van der Waals surface area contributed by atoms with Crippen molar-refractivity contribution in [1.82, 2.24) is 29.5 Å². The van der Waals surface area contributed by atoms with Crippen molar-refractivity contribution in [2.24, 2.45) is 0 Å². The van der Waals surface area contributed by atoms with Crippen molar-refractivity contribution in [2.75, 3.05) is 38.5 Å². The fraction of sp³-hybridized carbons (Fsp3) is 0.652. The number of fused-ring (bicyclic) bond motifs is 2. The molecule has 2 N–H and O–H groups in total. The van der Waals surface area contributed by atoms with E-state index in [1.807, 2.05) is 7.05 Å². The monoisotopic (exact) mass is 455 g/mol. The van der Waals surface area contributed by atoms with Crippen molar-refractivity contribution in [2.45, 2.75) is 63.8 Å². The molecule has 0 bridgehead atoms. The number of aromatic amines is 1. The van der Waals surface area contributed by atoms with Crippen molar-refractivity contribution in [3.63, 3.8) is 0 Å². The van der Waals surface area contributed by atoms with Gasteiger partial charge in [-0.2, -0.15) is 9.40 Å². The summed E-state index contributed by atoms with van der Waals surface area (Å²) < 4.78 is 7.86. The third-order valence-electron chi connectivity index (χ3n) is 7.55. The van der Waals surface area contributed by atoms with Crippen LogP contribution in [0.25, 0.3) is 0 Å². The molecule has 32 heavy (non-hydrogen) atoms. The highest BCUT2D eigenvalue weighted by Crippen LogP contribution is 2.39. The van der Waals surface area contributed by atoms with Crippen LogP contribution in [0.1, 0.15) is 54.4 Å². The van der Waals surface area contributed by atoms with Gasteiger partial charge in [-0.25, -0.2) is 10.1 Å². The molecule has 2 aliphatic carbocycles. The Kier molecular flexibility index (Phi) is 5.75. The minimum Gasteiger partial charge on any atom is -0.370 e. The lowest BCUT2D eigenvalue weighted by Crippen LogP contribution is -2.63. The van der Waals surface area contributed by atoms with Crippen molar-refractivity contribution in [3.05, 3.63) is 28.3 Å². The van der Waals surface area contributed by atoms with E-state index in [2.05, 4.69) is 40.9 Å². The second kappa shape index (κ2) is 8.85. The van der Waals surface area contributed by atoms with Crippen LogP contribution in [0.4, 0.5) is 11.6 Å². The molecular weight excluding hydrogens is 422 g/mol. The molecule has 2 fully saturated rings. The third-order valence-corrected chi connectivity index (χ3v) is 8.22. The number of rotatable bonds is 7. The quantitative estimate of drug-likeness (QED) is 0.486. The third kappa shape index (κ3) is 4.00. The van der Waals surface area contributed by atoms with E-state index < -0.39 is 0 Å². The van der Waals surface area contributed by atoms with E-state index in [0.29, 0.717) is 18.0 Å². The number of anilines is 2. The van der Waals surface area contributed by atoms with Gasteiger partial charge in [0, 0.05) is 31.9 Å². The summed E-state index contributed by atoms with van der Waals surface area (Å²) in [5.41, 5.74) is 7.24. The lowest BCUT2D eigenvalue weighted by atomic mass is 9.99. The molecule has 8 nitrogen and oxygen atoms in total. The number of benzene rings is 1. The molecule has 2 aliphatic heterocycles. The number of nitrogens with one attached hydrogen (secondary N) is 2. The normalized spacial score (nSPS) is 21.6. The molecule has 1 aromatic carbocycles. The summed E-state index contributed by atoms with van der Waals surface area (Å²) in [5.74, 6) is 0.659. The molecule has 172 valence electrons. The first kappa shape index (κ1) is 20.8. The highest BCUT2D eigenvalue weighted by Gasteiger charge is 2.35. The Morgan fingerprint density at radius 1 is 1.03 bits per heavy atom. The first-order valence-corrected chi connectivity index (χ1v) is 12.9. The summed E-state index contributed by atoms with van der Waals surface area (Å²) in [6.45, 7) is 4.65. The molecular formula is C23H33N7OS. The number of H-pyrrole nitrogens is 1. The van der Waals surface area contributed by atoms with E-state index in [4.69, 9.17) is 4.18 Å². The summed E-state index contributed by atoms with van der Waals surface area (Å²) >= 11 is 1.29. The number of piperidine rings is 1. The molecule has 2 aromatic rings. The van der Waals surface area contributed by atoms with Crippen LogP contribution in [-0.2, 0) is 25.7 Å². The van der Waals surface area contributed by atoms with Crippen LogP contribution in [0.15, 0.2) is 6.07 Å². The van der Waals surface area contributed by atoms with Crippen LogP contribution in [0.5, 0.6) is 6.01 Å². The van der Waals surface area contributed by atoms with E-state index in [9.17, 15) is 0 Å². The molecule has 1 aromatic heterocycles. The van der Waals surface area contributed by atoms with Crippen LogP contribution in [0.2, 0.25) is 0 Å². The van der Waals surface area contributed by atoms with Gasteiger partial charge in [-0.3, -0.25) is 4.90 Å². The lowest BCUT2D eigenvalue weighted by Gasteiger charge is -2.48. The summed E-state index contributed by atoms with van der Waals surface area (Å²) in [5, 5.41) is 13.1. The van der Waals surface area contributed by atoms with Crippen LogP contribution in [0.3, 0.4) is 0 Å². The van der Waals surface area contributed by atoms with Crippen molar-refractivity contribution in [3.8, 4) is 6.01 Å². The van der Waals surface area contributed by atoms with Crippen LogP contribution >= 0.6 is 12.2 Å². The van der Waals surface area contributed by atoms with Crippen LogP contribution < -0.4 is 9.50 Å². The Labute approximate surface area is 194 Å². The Morgan fingerprint density at radius 2 is 1.75 bits per heavy atom. The zero-order chi connectivity index (χ0) is 21.5. The maximum absolute atomic E-state index is 5.80. The largest absolute Gasteiger partial charge is 0.370 e. The fourth-order valence-electron chi connectivity index (χ4n) is 5.74. The first-order chi connectivity index (χ1) is 15.7. The number of nitrogens with zero attached hydrogens (tertiary/aromatic N) is 5. The summed E-state index contributed by atoms with van der Waals surface area (Å²) in [7, 11) is 2.04. The number of aryl methyl sites for hydroxylation is 2. The van der Waals surface area contributed by atoms with Crippen molar-refractivity contribution in [1.29, 1.82) is 0 Å². The SMILES string of the molecule is CN(SOc1n[nH]c(Nc2c3c(cc4c2CCC4)CCC3)n1)N1CC(N2CCCCC2)C1. The Bertz CT molecular complexity index is 935. The van der Waals surface area contributed by atoms with Crippen molar-refractivity contribution < 1.29 is 4.18 Å². The summed E-state index contributed by atoms with van der Waals surface area (Å²) in [6.07, 6.45) is 11.3. The van der Waals surface area contributed by atoms with Gasteiger partial charge in [0.25, 0.3) is 0 Å². The van der Waals surface area contributed by atoms with Gasteiger partial charge < -0.3 is 9.50 Å². The number of hydrazine groups is 1. The predicted octanol–water partition coefficient (Wildman–Crippen LogP) is 3.48. The van der Waals surface area contributed by atoms with Gasteiger partial charge in [0.2, 0.25) is 5.95 Å². The van der Waals surface area contributed by atoms with Gasteiger partial charge in [-0.05, 0) is 86.7 Å². The molecule has 0 unspecified atom stereocenters. The summed E-state index contributed by atoms with van der Waals surface area (Å²) in [4.78, 5) is 7.19. The highest BCUT2D eigenvalue weighted by molar-refractivity contribution is 7.92.